The molecule has 6 nitrogen and oxygen atoms in total. The molecule has 0 unspecified atom stereocenters. The number of nitrogens with one attached hydrogen (secondary N) is 1. The first-order valence-corrected chi connectivity index (χ1v) is 9.89. The molecule has 0 atom stereocenters. The fourth-order valence-corrected chi connectivity index (χ4v) is 3.69. The number of hydrogen-bond acceptors (Lipinski definition) is 4. The second-order valence-corrected chi connectivity index (χ2v) is 7.45. The third-order valence-electron chi connectivity index (χ3n) is 5.34. The molecular weight excluding hydrogens is 364 g/mol. The quantitative estimate of drug-likeness (QED) is 0.726. The van der Waals surface area contributed by atoms with Crippen molar-refractivity contribution in [3.63, 3.8) is 0 Å². The van der Waals surface area contributed by atoms with E-state index in [1.807, 2.05) is 35.2 Å². The summed E-state index contributed by atoms with van der Waals surface area (Å²) in [5.74, 6) is 0.802. The Morgan fingerprint density at radius 2 is 1.83 bits per heavy atom. The zero-order valence-electron chi connectivity index (χ0n) is 16.9. The molecule has 0 aliphatic carbocycles. The van der Waals surface area contributed by atoms with Gasteiger partial charge in [0.25, 0.3) is 5.91 Å². The Morgan fingerprint density at radius 3 is 2.52 bits per heavy atom. The van der Waals surface area contributed by atoms with Gasteiger partial charge in [-0.25, -0.2) is 0 Å². The number of amides is 1. The number of aryl methyl sites for hydroxylation is 1. The average Bonchev–Trinajstić information content (AvgIpc) is 3.24. The maximum Gasteiger partial charge on any atom is 0.271 e. The van der Waals surface area contributed by atoms with Crippen LogP contribution in [-0.4, -0.2) is 59.2 Å². The lowest BCUT2D eigenvalue weighted by Crippen LogP contribution is -2.48. The zero-order valence-corrected chi connectivity index (χ0v) is 16.9. The molecule has 1 aromatic heterocycles. The van der Waals surface area contributed by atoms with Crippen LogP contribution in [0.5, 0.6) is 5.75 Å². The van der Waals surface area contributed by atoms with Gasteiger partial charge in [0.2, 0.25) is 0 Å². The number of piperazine rings is 1. The van der Waals surface area contributed by atoms with Crippen LogP contribution in [0.15, 0.2) is 54.6 Å². The van der Waals surface area contributed by atoms with Crippen molar-refractivity contribution in [2.24, 2.45) is 0 Å². The Hall–Kier alpha value is -3.12. The van der Waals surface area contributed by atoms with Crippen LogP contribution in [-0.2, 0) is 6.54 Å². The number of aromatic amines is 1. The fourth-order valence-electron chi connectivity index (χ4n) is 3.69. The largest absolute Gasteiger partial charge is 0.497 e. The molecule has 29 heavy (non-hydrogen) atoms. The monoisotopic (exact) mass is 390 g/mol. The Bertz CT molecular complexity index is 973. The molecular formula is C23H26N4O2. The summed E-state index contributed by atoms with van der Waals surface area (Å²) in [6, 6.07) is 18.1. The lowest BCUT2D eigenvalue weighted by Gasteiger charge is -2.34. The van der Waals surface area contributed by atoms with Crippen LogP contribution in [0.3, 0.4) is 0 Å². The smallest absolute Gasteiger partial charge is 0.271 e. The van der Waals surface area contributed by atoms with E-state index >= 15 is 0 Å². The number of aromatic nitrogens is 2. The molecule has 0 spiro atoms. The number of ether oxygens (including phenoxy) is 1. The van der Waals surface area contributed by atoms with Crippen LogP contribution in [0.25, 0.3) is 11.3 Å². The predicted molar refractivity (Wildman–Crippen MR) is 113 cm³/mol. The molecule has 0 saturated carbocycles. The van der Waals surface area contributed by atoms with Crippen molar-refractivity contribution in [1.29, 1.82) is 0 Å². The van der Waals surface area contributed by atoms with Gasteiger partial charge >= 0.3 is 0 Å². The molecule has 0 bridgehead atoms. The predicted octanol–water partition coefficient (Wildman–Crippen LogP) is 3.35. The summed E-state index contributed by atoms with van der Waals surface area (Å²) < 4.78 is 5.19. The Labute approximate surface area is 171 Å². The maximum atomic E-state index is 12.9. The van der Waals surface area contributed by atoms with Crippen LogP contribution in [0, 0.1) is 6.92 Å². The number of benzene rings is 2. The first-order valence-electron chi connectivity index (χ1n) is 9.89. The van der Waals surface area contributed by atoms with Gasteiger partial charge in [0, 0.05) is 38.3 Å². The summed E-state index contributed by atoms with van der Waals surface area (Å²) in [7, 11) is 1.64. The van der Waals surface area contributed by atoms with Crippen LogP contribution in [0.1, 0.15) is 21.6 Å². The van der Waals surface area contributed by atoms with Crippen molar-refractivity contribution in [3.8, 4) is 17.0 Å². The highest BCUT2D eigenvalue weighted by Crippen LogP contribution is 2.22. The molecule has 150 valence electrons. The number of hydrogen-bond donors (Lipinski definition) is 1. The minimum absolute atomic E-state index is 0.00691. The van der Waals surface area contributed by atoms with Crippen molar-refractivity contribution in [1.82, 2.24) is 20.0 Å². The van der Waals surface area contributed by atoms with Gasteiger partial charge in [-0.05, 0) is 42.8 Å². The molecule has 1 aliphatic rings. The number of nitrogens with zero attached hydrogens (tertiary/aromatic N) is 3. The van der Waals surface area contributed by atoms with Gasteiger partial charge in [0.15, 0.2) is 0 Å². The topological polar surface area (TPSA) is 61.5 Å². The van der Waals surface area contributed by atoms with E-state index in [1.165, 1.54) is 11.1 Å². The molecule has 1 amide bonds. The average molecular weight is 390 g/mol. The van der Waals surface area contributed by atoms with Crippen LogP contribution < -0.4 is 4.74 Å². The molecule has 2 heterocycles. The van der Waals surface area contributed by atoms with E-state index in [9.17, 15) is 4.79 Å². The summed E-state index contributed by atoms with van der Waals surface area (Å²) >= 11 is 0. The number of carbonyl (C=O) groups is 1. The lowest BCUT2D eigenvalue weighted by atomic mass is 10.1. The fraction of sp³-hybridized carbons (Fsp3) is 0.304. The molecule has 1 saturated heterocycles. The highest BCUT2D eigenvalue weighted by molar-refractivity contribution is 5.93. The summed E-state index contributed by atoms with van der Waals surface area (Å²) in [6.45, 7) is 6.24. The second kappa shape index (κ2) is 8.49. The molecule has 4 rings (SSSR count). The summed E-state index contributed by atoms with van der Waals surface area (Å²) in [5.41, 5.74) is 4.84. The minimum Gasteiger partial charge on any atom is -0.497 e. The summed E-state index contributed by atoms with van der Waals surface area (Å²) in [6.07, 6.45) is 0. The van der Waals surface area contributed by atoms with Crippen LogP contribution >= 0.6 is 0 Å². The maximum absolute atomic E-state index is 12.9. The molecule has 6 heteroatoms. The summed E-state index contributed by atoms with van der Waals surface area (Å²) in [4.78, 5) is 17.2. The van der Waals surface area contributed by atoms with Gasteiger partial charge in [-0.2, -0.15) is 5.10 Å². The Kier molecular flexibility index (Phi) is 5.62. The Morgan fingerprint density at radius 1 is 1.07 bits per heavy atom. The highest BCUT2D eigenvalue weighted by Gasteiger charge is 2.23. The van der Waals surface area contributed by atoms with E-state index in [0.717, 1.165) is 49.7 Å². The number of carbonyl (C=O) groups excluding carboxylic acids is 1. The third kappa shape index (κ3) is 4.49. The van der Waals surface area contributed by atoms with E-state index in [2.05, 4.69) is 46.3 Å². The van der Waals surface area contributed by atoms with E-state index < -0.39 is 0 Å². The van der Waals surface area contributed by atoms with Crippen molar-refractivity contribution >= 4 is 5.91 Å². The molecule has 3 aromatic rings. The van der Waals surface area contributed by atoms with Gasteiger partial charge in [0.1, 0.15) is 11.4 Å². The molecule has 2 aromatic carbocycles. The third-order valence-corrected chi connectivity index (χ3v) is 5.34. The van der Waals surface area contributed by atoms with Crippen molar-refractivity contribution in [2.75, 3.05) is 33.3 Å². The van der Waals surface area contributed by atoms with Crippen LogP contribution in [0.4, 0.5) is 0 Å². The van der Waals surface area contributed by atoms with Gasteiger partial charge in [-0.15, -0.1) is 0 Å². The van der Waals surface area contributed by atoms with Crippen molar-refractivity contribution in [3.05, 3.63) is 71.4 Å². The second-order valence-electron chi connectivity index (χ2n) is 7.45. The Balaban J connectivity index is 1.35. The number of H-pyrrole nitrogens is 1. The van der Waals surface area contributed by atoms with E-state index in [1.54, 1.807) is 7.11 Å². The van der Waals surface area contributed by atoms with Crippen LogP contribution in [0.2, 0.25) is 0 Å². The normalized spacial score (nSPS) is 14.8. The SMILES string of the molecule is COc1ccc(-c2cc(C(=O)N3CCN(Cc4cccc(C)c4)CC3)[nH]n2)cc1. The lowest BCUT2D eigenvalue weighted by molar-refractivity contribution is 0.0622. The first kappa shape index (κ1) is 19.2. The minimum atomic E-state index is 0.00691. The molecule has 1 aliphatic heterocycles. The van der Waals surface area contributed by atoms with Crippen molar-refractivity contribution < 1.29 is 9.53 Å². The number of methoxy groups -OCH3 is 1. The number of rotatable bonds is 5. The van der Waals surface area contributed by atoms with Gasteiger partial charge < -0.3 is 9.64 Å². The summed E-state index contributed by atoms with van der Waals surface area (Å²) in [5, 5.41) is 7.21. The van der Waals surface area contributed by atoms with Gasteiger partial charge in [-0.3, -0.25) is 14.8 Å². The van der Waals surface area contributed by atoms with E-state index in [-0.39, 0.29) is 5.91 Å². The molecule has 1 fully saturated rings. The first-order chi connectivity index (χ1) is 14.1. The zero-order chi connectivity index (χ0) is 20.2. The molecule has 1 N–H and O–H groups in total. The highest BCUT2D eigenvalue weighted by atomic mass is 16.5. The van der Waals surface area contributed by atoms with Gasteiger partial charge in [-0.1, -0.05) is 29.8 Å². The van der Waals surface area contributed by atoms with Crippen molar-refractivity contribution in [2.45, 2.75) is 13.5 Å². The van der Waals surface area contributed by atoms with E-state index in [4.69, 9.17) is 4.74 Å². The van der Waals surface area contributed by atoms with E-state index in [0.29, 0.717) is 5.69 Å². The molecule has 0 radical (unpaired) electrons. The van der Waals surface area contributed by atoms with Gasteiger partial charge in [0.05, 0.1) is 12.8 Å². The standard InChI is InChI=1S/C23H26N4O2/c1-17-4-3-5-18(14-17)16-26-10-12-27(13-11-26)23(28)22-15-21(24-25-22)19-6-8-20(29-2)9-7-19/h3-9,14-15H,10-13,16H2,1-2H3,(H,24,25).